The van der Waals surface area contributed by atoms with Crippen LogP contribution in [0, 0.1) is 0 Å². The van der Waals surface area contributed by atoms with Gasteiger partial charge in [-0.25, -0.2) is 4.98 Å². The van der Waals surface area contributed by atoms with Gasteiger partial charge in [0, 0.05) is 24.4 Å². The van der Waals surface area contributed by atoms with Gasteiger partial charge in [-0.15, -0.1) is 0 Å². The van der Waals surface area contributed by atoms with Crippen LogP contribution in [-0.2, 0) is 17.8 Å². The first-order valence-corrected chi connectivity index (χ1v) is 6.72. The number of rotatable bonds is 1. The average molecular weight is 280 g/mol. The van der Waals surface area contributed by atoms with E-state index < -0.39 is 0 Å². The fraction of sp³-hybridized carbons (Fsp3) is 0.200. The minimum atomic E-state index is -0.131. The molecule has 1 aliphatic heterocycles. The summed E-state index contributed by atoms with van der Waals surface area (Å²) < 4.78 is 5.30. The fourth-order valence-corrected chi connectivity index (χ4v) is 2.49. The molecule has 0 radical (unpaired) electrons. The van der Waals surface area contributed by atoms with E-state index in [4.69, 9.17) is 4.74 Å². The van der Waals surface area contributed by atoms with Gasteiger partial charge in [-0.3, -0.25) is 14.8 Å². The zero-order valence-electron chi connectivity index (χ0n) is 11.2. The van der Waals surface area contributed by atoms with Crippen LogP contribution in [0.25, 0.3) is 22.4 Å². The number of ether oxygens (including phenoxy) is 1. The van der Waals surface area contributed by atoms with E-state index in [0.29, 0.717) is 31.0 Å². The highest BCUT2D eigenvalue weighted by atomic mass is 16.5. The van der Waals surface area contributed by atoms with Crippen molar-refractivity contribution in [2.75, 3.05) is 6.61 Å². The van der Waals surface area contributed by atoms with Crippen LogP contribution in [0.4, 0.5) is 0 Å². The molecule has 0 unspecified atom stereocenters. The molecule has 0 aliphatic carbocycles. The Kier molecular flexibility index (Phi) is 2.75. The van der Waals surface area contributed by atoms with E-state index in [2.05, 4.69) is 19.9 Å². The number of aromatic amines is 1. The summed E-state index contributed by atoms with van der Waals surface area (Å²) in [6.07, 6.45) is 3.97. The first-order chi connectivity index (χ1) is 10.3. The zero-order chi connectivity index (χ0) is 14.2. The van der Waals surface area contributed by atoms with Crippen molar-refractivity contribution in [2.45, 2.75) is 13.0 Å². The van der Waals surface area contributed by atoms with Crippen molar-refractivity contribution in [3.8, 4) is 11.4 Å². The third kappa shape index (κ3) is 2.09. The van der Waals surface area contributed by atoms with Crippen LogP contribution in [0.3, 0.4) is 0 Å². The number of hydrogen-bond donors (Lipinski definition) is 1. The van der Waals surface area contributed by atoms with Crippen molar-refractivity contribution in [1.82, 2.24) is 19.9 Å². The fourth-order valence-electron chi connectivity index (χ4n) is 2.49. The molecule has 2 aromatic heterocycles. The second-order valence-electron chi connectivity index (χ2n) is 4.90. The average Bonchev–Trinajstić information content (AvgIpc) is 2.54. The lowest BCUT2D eigenvalue weighted by atomic mass is 10.1. The molecule has 1 aliphatic rings. The molecule has 3 aromatic rings. The van der Waals surface area contributed by atoms with Crippen LogP contribution in [0.15, 0.2) is 35.4 Å². The van der Waals surface area contributed by atoms with E-state index >= 15 is 0 Å². The van der Waals surface area contributed by atoms with Crippen molar-refractivity contribution < 1.29 is 4.74 Å². The number of H-pyrrole nitrogens is 1. The van der Waals surface area contributed by atoms with Gasteiger partial charge < -0.3 is 9.72 Å². The molecule has 0 amide bonds. The molecule has 21 heavy (non-hydrogen) atoms. The Morgan fingerprint density at radius 1 is 1.14 bits per heavy atom. The second kappa shape index (κ2) is 4.75. The number of benzene rings is 1. The molecule has 6 nitrogen and oxygen atoms in total. The summed E-state index contributed by atoms with van der Waals surface area (Å²) in [6, 6.07) is 5.65. The maximum atomic E-state index is 12.1. The molecule has 0 fully saturated rings. The van der Waals surface area contributed by atoms with Crippen LogP contribution >= 0.6 is 0 Å². The van der Waals surface area contributed by atoms with Gasteiger partial charge in [0.05, 0.1) is 35.5 Å². The number of nitrogens with zero attached hydrogens (tertiary/aromatic N) is 3. The third-order valence-electron chi connectivity index (χ3n) is 3.57. The summed E-state index contributed by atoms with van der Waals surface area (Å²) in [5.74, 6) is 0.563. The largest absolute Gasteiger partial charge is 0.376 e. The van der Waals surface area contributed by atoms with Gasteiger partial charge in [0.25, 0.3) is 5.56 Å². The normalized spacial score (nSPS) is 14.1. The molecule has 0 spiro atoms. The number of fused-ring (bicyclic) bond motifs is 2. The minimum Gasteiger partial charge on any atom is -0.376 e. The second-order valence-corrected chi connectivity index (χ2v) is 4.90. The Labute approximate surface area is 119 Å². The predicted molar refractivity (Wildman–Crippen MR) is 76.7 cm³/mol. The maximum absolute atomic E-state index is 12.1. The van der Waals surface area contributed by atoms with Gasteiger partial charge in [-0.2, -0.15) is 0 Å². The Bertz CT molecular complexity index is 888. The van der Waals surface area contributed by atoms with Crippen molar-refractivity contribution in [2.24, 2.45) is 0 Å². The number of hydrogen-bond acceptors (Lipinski definition) is 5. The molecule has 0 saturated heterocycles. The third-order valence-corrected chi connectivity index (χ3v) is 3.57. The lowest BCUT2D eigenvalue weighted by Gasteiger charge is -2.15. The van der Waals surface area contributed by atoms with E-state index in [-0.39, 0.29) is 5.56 Å². The molecule has 0 saturated carbocycles. The first kappa shape index (κ1) is 12.2. The Balaban J connectivity index is 1.88. The van der Waals surface area contributed by atoms with Crippen molar-refractivity contribution in [3.63, 3.8) is 0 Å². The highest BCUT2D eigenvalue weighted by Gasteiger charge is 2.16. The smallest absolute Gasteiger partial charge is 0.256 e. The highest BCUT2D eigenvalue weighted by molar-refractivity contribution is 5.79. The van der Waals surface area contributed by atoms with Gasteiger partial charge in [-0.1, -0.05) is 0 Å². The van der Waals surface area contributed by atoms with Gasteiger partial charge in [0.2, 0.25) is 0 Å². The summed E-state index contributed by atoms with van der Waals surface area (Å²) in [6.45, 7) is 0.938. The lowest BCUT2D eigenvalue weighted by molar-refractivity contribution is 0.108. The Morgan fingerprint density at radius 3 is 2.90 bits per heavy atom. The number of nitrogens with one attached hydrogen (secondary N) is 1. The van der Waals surface area contributed by atoms with Gasteiger partial charge in [-0.05, 0) is 18.2 Å². The summed E-state index contributed by atoms with van der Waals surface area (Å²) >= 11 is 0. The van der Waals surface area contributed by atoms with Crippen LogP contribution in [0.5, 0.6) is 0 Å². The standard InChI is InChI=1S/C15H12N4O2/c20-15-10-8-21-6-3-11(10)18-14(19-15)9-1-2-12-13(7-9)17-5-4-16-12/h1-2,4-5,7H,3,6,8H2,(H,18,19,20). The van der Waals surface area contributed by atoms with E-state index in [1.165, 1.54) is 0 Å². The summed E-state index contributed by atoms with van der Waals surface area (Å²) in [7, 11) is 0. The highest BCUT2D eigenvalue weighted by Crippen LogP contribution is 2.20. The van der Waals surface area contributed by atoms with Crippen LogP contribution in [0.1, 0.15) is 11.3 Å². The van der Waals surface area contributed by atoms with Gasteiger partial charge in [0.15, 0.2) is 0 Å². The molecule has 1 N–H and O–H groups in total. The van der Waals surface area contributed by atoms with Crippen LogP contribution in [-0.4, -0.2) is 26.5 Å². The van der Waals surface area contributed by atoms with Gasteiger partial charge in [0.1, 0.15) is 5.82 Å². The molecular formula is C15H12N4O2. The molecule has 0 atom stereocenters. The van der Waals surface area contributed by atoms with Crippen molar-refractivity contribution >= 4 is 11.0 Å². The quantitative estimate of drug-likeness (QED) is 0.729. The maximum Gasteiger partial charge on any atom is 0.256 e. The molecule has 1 aromatic carbocycles. The topological polar surface area (TPSA) is 80.8 Å². The first-order valence-electron chi connectivity index (χ1n) is 6.72. The summed E-state index contributed by atoms with van der Waals surface area (Å²) in [4.78, 5) is 28.0. The van der Waals surface area contributed by atoms with E-state index in [1.54, 1.807) is 12.4 Å². The predicted octanol–water partition coefficient (Wildman–Crippen LogP) is 1.45. The van der Waals surface area contributed by atoms with Crippen LogP contribution in [0.2, 0.25) is 0 Å². The summed E-state index contributed by atoms with van der Waals surface area (Å²) in [5.41, 5.74) is 3.74. The Hall–Kier alpha value is -2.60. The molecule has 6 heteroatoms. The summed E-state index contributed by atoms with van der Waals surface area (Å²) in [5, 5.41) is 0. The molecular weight excluding hydrogens is 268 g/mol. The zero-order valence-corrected chi connectivity index (χ0v) is 11.2. The van der Waals surface area contributed by atoms with Crippen LogP contribution < -0.4 is 5.56 Å². The molecule has 104 valence electrons. The molecule has 4 rings (SSSR count). The Morgan fingerprint density at radius 2 is 2.00 bits per heavy atom. The van der Waals surface area contributed by atoms with Crippen molar-refractivity contribution in [1.29, 1.82) is 0 Å². The monoisotopic (exact) mass is 280 g/mol. The van der Waals surface area contributed by atoms with E-state index in [1.807, 2.05) is 18.2 Å². The van der Waals surface area contributed by atoms with E-state index in [9.17, 15) is 4.79 Å². The number of aromatic nitrogens is 4. The molecule has 0 bridgehead atoms. The molecule has 3 heterocycles. The van der Waals surface area contributed by atoms with E-state index in [0.717, 1.165) is 22.3 Å². The van der Waals surface area contributed by atoms with Gasteiger partial charge >= 0.3 is 0 Å². The lowest BCUT2D eigenvalue weighted by Crippen LogP contribution is -2.24. The van der Waals surface area contributed by atoms with Crippen molar-refractivity contribution in [3.05, 3.63) is 52.2 Å². The SMILES string of the molecule is O=c1[nH]c(-c2ccc3nccnc3c2)nc2c1COCC2. The minimum absolute atomic E-state index is 0.131.